The minimum absolute atomic E-state index is 0.241. The van der Waals surface area contributed by atoms with Crippen LogP contribution >= 0.6 is 11.8 Å². The zero-order valence-electron chi connectivity index (χ0n) is 9.40. The lowest BCUT2D eigenvalue weighted by atomic mass is 9.97. The molecule has 94 valence electrons. The predicted molar refractivity (Wildman–Crippen MR) is 63.8 cm³/mol. The molecule has 0 spiro atoms. The highest BCUT2D eigenvalue weighted by Gasteiger charge is 2.17. The van der Waals surface area contributed by atoms with Crippen LogP contribution in [0.3, 0.4) is 0 Å². The summed E-state index contributed by atoms with van der Waals surface area (Å²) in [5.74, 6) is -1.63. The van der Waals surface area contributed by atoms with Gasteiger partial charge in [0.1, 0.15) is 0 Å². The Kier molecular flexibility index (Phi) is 5.41. The molecule has 1 aromatic rings. The summed E-state index contributed by atoms with van der Waals surface area (Å²) in [5, 5.41) is 8.97. The third-order valence-electron chi connectivity index (χ3n) is 2.36. The van der Waals surface area contributed by atoms with Gasteiger partial charge in [-0.15, -0.1) is 11.8 Å². The number of benzene rings is 1. The third-order valence-corrected chi connectivity index (χ3v) is 3.39. The van der Waals surface area contributed by atoms with Crippen molar-refractivity contribution in [1.29, 1.82) is 0 Å². The largest absolute Gasteiger partial charge is 0.481 e. The van der Waals surface area contributed by atoms with E-state index in [1.165, 1.54) is 0 Å². The fourth-order valence-electron chi connectivity index (χ4n) is 1.51. The number of rotatable bonds is 6. The Morgan fingerprint density at radius 3 is 2.35 bits per heavy atom. The van der Waals surface area contributed by atoms with Crippen LogP contribution in [0.5, 0.6) is 0 Å². The van der Waals surface area contributed by atoms with E-state index in [0.717, 1.165) is 16.7 Å². The lowest BCUT2D eigenvalue weighted by Gasteiger charge is -2.10. The van der Waals surface area contributed by atoms with Crippen molar-refractivity contribution >= 4 is 17.7 Å². The van der Waals surface area contributed by atoms with Gasteiger partial charge >= 0.3 is 5.97 Å². The molecule has 0 bridgehead atoms. The Hall–Kier alpha value is -1.10. The highest BCUT2D eigenvalue weighted by molar-refractivity contribution is 7.99. The molecule has 5 heteroatoms. The molecule has 17 heavy (non-hydrogen) atoms. The molecule has 0 heterocycles. The Morgan fingerprint density at radius 1 is 1.35 bits per heavy atom. The van der Waals surface area contributed by atoms with E-state index in [1.807, 2.05) is 0 Å². The second-order valence-corrected chi connectivity index (χ2v) is 4.66. The maximum absolute atomic E-state index is 12.0. The topological polar surface area (TPSA) is 37.3 Å². The van der Waals surface area contributed by atoms with Gasteiger partial charge in [0.2, 0.25) is 6.43 Å². The average Bonchev–Trinajstić information content (AvgIpc) is 2.28. The maximum atomic E-state index is 12.0. The minimum atomic E-state index is -2.33. The third kappa shape index (κ3) is 4.34. The number of halogens is 2. The first-order chi connectivity index (χ1) is 8.04. The van der Waals surface area contributed by atoms with Crippen LogP contribution in [0.25, 0.3) is 0 Å². The Bertz CT molecular complexity index is 365. The quantitative estimate of drug-likeness (QED) is 0.794. The number of hydrogen-bond acceptors (Lipinski definition) is 2. The highest BCUT2D eigenvalue weighted by atomic mass is 32.2. The standard InChI is InChI=1S/C12H14F2O2S/c1-2-10(12(15)16)8-3-5-9(6-4-8)17-7-11(13)14/h3-6,10-11H,2,7H2,1H3,(H,15,16). The first-order valence-corrected chi connectivity index (χ1v) is 6.26. The molecule has 0 saturated carbocycles. The fraction of sp³-hybridized carbons (Fsp3) is 0.417. The Morgan fingerprint density at radius 2 is 1.94 bits per heavy atom. The molecule has 0 saturated heterocycles. The van der Waals surface area contributed by atoms with E-state index in [-0.39, 0.29) is 5.75 Å². The van der Waals surface area contributed by atoms with Crippen molar-refractivity contribution in [3.05, 3.63) is 29.8 Å². The van der Waals surface area contributed by atoms with Crippen molar-refractivity contribution in [2.24, 2.45) is 0 Å². The van der Waals surface area contributed by atoms with E-state index in [9.17, 15) is 13.6 Å². The molecule has 1 atom stereocenters. The fourth-order valence-corrected chi connectivity index (χ4v) is 2.16. The molecule has 0 radical (unpaired) electrons. The lowest BCUT2D eigenvalue weighted by Crippen LogP contribution is -2.10. The van der Waals surface area contributed by atoms with Crippen LogP contribution < -0.4 is 0 Å². The van der Waals surface area contributed by atoms with Crippen molar-refractivity contribution < 1.29 is 18.7 Å². The summed E-state index contributed by atoms with van der Waals surface area (Å²) in [6.45, 7) is 1.80. The summed E-state index contributed by atoms with van der Waals surface area (Å²) in [6.07, 6.45) is -1.82. The molecular weight excluding hydrogens is 246 g/mol. The predicted octanol–water partition coefficient (Wildman–Crippen LogP) is 3.62. The molecule has 1 unspecified atom stereocenters. The van der Waals surface area contributed by atoms with Crippen LogP contribution in [0.2, 0.25) is 0 Å². The van der Waals surface area contributed by atoms with Crippen LogP contribution in [0.1, 0.15) is 24.8 Å². The molecule has 1 N–H and O–H groups in total. The normalized spacial score (nSPS) is 12.7. The van der Waals surface area contributed by atoms with Gasteiger partial charge in [0.05, 0.1) is 11.7 Å². The average molecular weight is 260 g/mol. The van der Waals surface area contributed by atoms with Crippen molar-refractivity contribution in [3.63, 3.8) is 0 Å². The summed E-state index contributed by atoms with van der Waals surface area (Å²) < 4.78 is 24.0. The molecule has 2 nitrogen and oxygen atoms in total. The number of carboxylic acid groups (broad SMARTS) is 1. The van der Waals surface area contributed by atoms with Gasteiger partial charge in [-0.05, 0) is 24.1 Å². The monoisotopic (exact) mass is 260 g/mol. The van der Waals surface area contributed by atoms with Crippen molar-refractivity contribution in [3.8, 4) is 0 Å². The van der Waals surface area contributed by atoms with E-state index in [0.29, 0.717) is 12.0 Å². The van der Waals surface area contributed by atoms with Gasteiger partial charge in [0.15, 0.2) is 0 Å². The second-order valence-electron chi connectivity index (χ2n) is 3.57. The van der Waals surface area contributed by atoms with Gasteiger partial charge in [-0.1, -0.05) is 19.1 Å². The second kappa shape index (κ2) is 6.59. The van der Waals surface area contributed by atoms with E-state index >= 15 is 0 Å². The van der Waals surface area contributed by atoms with Crippen molar-refractivity contribution in [1.82, 2.24) is 0 Å². The number of carboxylic acids is 1. The van der Waals surface area contributed by atoms with E-state index in [2.05, 4.69) is 0 Å². The smallest absolute Gasteiger partial charge is 0.310 e. The van der Waals surface area contributed by atoms with Crippen LogP contribution in [0, 0.1) is 0 Å². The van der Waals surface area contributed by atoms with Gasteiger partial charge < -0.3 is 5.11 Å². The molecule has 0 aliphatic rings. The first kappa shape index (κ1) is 14.0. The van der Waals surface area contributed by atoms with E-state index < -0.39 is 18.3 Å². The van der Waals surface area contributed by atoms with Gasteiger partial charge in [-0.3, -0.25) is 4.79 Å². The van der Waals surface area contributed by atoms with E-state index in [1.54, 1.807) is 31.2 Å². The summed E-state index contributed by atoms with van der Waals surface area (Å²) >= 11 is 1.07. The minimum Gasteiger partial charge on any atom is -0.481 e. The van der Waals surface area contributed by atoms with E-state index in [4.69, 9.17) is 5.11 Å². The molecule has 0 aliphatic heterocycles. The molecule has 0 aliphatic carbocycles. The maximum Gasteiger partial charge on any atom is 0.310 e. The van der Waals surface area contributed by atoms with Crippen LogP contribution in [0.15, 0.2) is 29.2 Å². The lowest BCUT2D eigenvalue weighted by molar-refractivity contribution is -0.138. The molecule has 0 amide bonds. The van der Waals surface area contributed by atoms with Crippen molar-refractivity contribution in [2.45, 2.75) is 30.6 Å². The Labute approximate surface area is 103 Å². The number of alkyl halides is 2. The number of hydrogen-bond donors (Lipinski definition) is 1. The summed E-state index contributed by atoms with van der Waals surface area (Å²) in [6, 6.07) is 6.76. The number of carbonyl (C=O) groups is 1. The number of thioether (sulfide) groups is 1. The summed E-state index contributed by atoms with van der Waals surface area (Å²) in [4.78, 5) is 11.7. The highest BCUT2D eigenvalue weighted by Crippen LogP contribution is 2.25. The van der Waals surface area contributed by atoms with Gasteiger partial charge in [-0.2, -0.15) is 0 Å². The molecule has 0 fully saturated rings. The van der Waals surface area contributed by atoms with Crippen LogP contribution in [-0.4, -0.2) is 23.3 Å². The van der Waals surface area contributed by atoms with Gasteiger partial charge in [0.25, 0.3) is 0 Å². The molecule has 1 aromatic carbocycles. The zero-order chi connectivity index (χ0) is 12.8. The molecule has 1 rings (SSSR count). The molecule has 0 aromatic heterocycles. The summed E-state index contributed by atoms with van der Waals surface area (Å²) in [5.41, 5.74) is 0.710. The molecular formula is C12H14F2O2S. The first-order valence-electron chi connectivity index (χ1n) is 5.28. The zero-order valence-corrected chi connectivity index (χ0v) is 10.2. The van der Waals surface area contributed by atoms with Crippen LogP contribution in [-0.2, 0) is 4.79 Å². The van der Waals surface area contributed by atoms with Crippen LogP contribution in [0.4, 0.5) is 8.78 Å². The Balaban J connectivity index is 2.70. The van der Waals surface area contributed by atoms with Crippen molar-refractivity contribution in [2.75, 3.05) is 5.75 Å². The number of aliphatic carboxylic acids is 1. The SMILES string of the molecule is CCC(C(=O)O)c1ccc(SCC(F)F)cc1. The van der Waals surface area contributed by atoms with Gasteiger partial charge in [0, 0.05) is 4.90 Å². The van der Waals surface area contributed by atoms with Gasteiger partial charge in [-0.25, -0.2) is 8.78 Å². The summed E-state index contributed by atoms with van der Waals surface area (Å²) in [7, 11) is 0.